The number of amides is 2. The highest BCUT2D eigenvalue weighted by atomic mass is 16.2. The van der Waals surface area contributed by atoms with Crippen LogP contribution in [-0.4, -0.2) is 24.4 Å². The molecule has 5 nitrogen and oxygen atoms in total. The van der Waals surface area contributed by atoms with Crippen molar-refractivity contribution >= 4 is 11.8 Å². The minimum absolute atomic E-state index is 0.195. The van der Waals surface area contributed by atoms with Gasteiger partial charge in [-0.1, -0.05) is 6.08 Å². The molecule has 0 rings (SSSR count). The predicted molar refractivity (Wildman–Crippen MR) is 39.3 cm³/mol. The molecule has 0 aromatic carbocycles. The molecule has 0 saturated carbocycles. The smallest absolute Gasteiger partial charge is 0.252 e. The van der Waals surface area contributed by atoms with Gasteiger partial charge in [0.1, 0.15) is 6.04 Å². The second-order valence-corrected chi connectivity index (χ2v) is 1.92. The van der Waals surface area contributed by atoms with Gasteiger partial charge in [-0.3, -0.25) is 20.6 Å². The van der Waals surface area contributed by atoms with Gasteiger partial charge in [-0.05, 0) is 0 Å². The Bertz CT molecular complexity index is 179. The lowest BCUT2D eigenvalue weighted by molar-refractivity contribution is -0.119. The first-order chi connectivity index (χ1) is 5.07. The van der Waals surface area contributed by atoms with Crippen molar-refractivity contribution in [1.82, 2.24) is 11.1 Å². The van der Waals surface area contributed by atoms with E-state index in [-0.39, 0.29) is 6.54 Å². The van der Waals surface area contributed by atoms with E-state index >= 15 is 0 Å². The molecule has 0 aliphatic rings. The Hall–Kier alpha value is -1.36. The molecule has 0 aliphatic carbocycles. The highest BCUT2D eigenvalue weighted by Gasteiger charge is 2.09. The summed E-state index contributed by atoms with van der Waals surface area (Å²) in [5.74, 6) is -1.40. The van der Waals surface area contributed by atoms with E-state index in [1.54, 1.807) is 0 Å². The first-order valence-corrected chi connectivity index (χ1v) is 2.97. The Morgan fingerprint density at radius 1 is 1.73 bits per heavy atom. The topological polar surface area (TPSA) is 96.0 Å². The van der Waals surface area contributed by atoms with E-state index in [0.29, 0.717) is 0 Å². The van der Waals surface area contributed by atoms with Crippen LogP contribution in [0.4, 0.5) is 0 Å². The fourth-order valence-electron chi connectivity index (χ4n) is 0.503. The highest BCUT2D eigenvalue weighted by molar-refractivity contribution is 5.83. The lowest BCUT2D eigenvalue weighted by Crippen LogP contribution is -2.42. The van der Waals surface area contributed by atoms with Gasteiger partial charge >= 0.3 is 0 Å². The van der Waals surface area contributed by atoms with Gasteiger partial charge in [-0.25, -0.2) is 0 Å². The molecule has 61 valence electrons. The maximum atomic E-state index is 10.5. The number of carbonyl (C=O) groups is 2. The van der Waals surface area contributed by atoms with Crippen molar-refractivity contribution in [2.45, 2.75) is 6.04 Å². The molecule has 5 heteroatoms. The Labute approximate surface area is 64.4 Å². The van der Waals surface area contributed by atoms with Gasteiger partial charge in [0, 0.05) is 0 Å². The van der Waals surface area contributed by atoms with Crippen LogP contribution < -0.4 is 16.8 Å². The molecule has 11 heavy (non-hydrogen) atoms. The van der Waals surface area contributed by atoms with Gasteiger partial charge in [-0.15, -0.1) is 6.58 Å². The van der Waals surface area contributed by atoms with Gasteiger partial charge in [0.15, 0.2) is 0 Å². The van der Waals surface area contributed by atoms with E-state index in [1.807, 2.05) is 0 Å². The summed E-state index contributed by atoms with van der Waals surface area (Å²) in [6.45, 7) is 3.13. The summed E-state index contributed by atoms with van der Waals surface area (Å²) in [5, 5.41) is 2.44. The predicted octanol–water partition coefficient (Wildman–Crippen LogP) is -1.57. The van der Waals surface area contributed by atoms with Crippen LogP contribution in [0.2, 0.25) is 0 Å². The summed E-state index contributed by atoms with van der Waals surface area (Å²) in [6, 6.07) is -0.732. The fourth-order valence-corrected chi connectivity index (χ4v) is 0.503. The molecule has 1 unspecified atom stereocenters. The van der Waals surface area contributed by atoms with Crippen LogP contribution in [0.1, 0.15) is 0 Å². The van der Waals surface area contributed by atoms with Crippen LogP contribution in [0.5, 0.6) is 0 Å². The SMILES string of the molecule is C=CC(NCC([NH])=O)C(N)=O. The highest BCUT2D eigenvalue weighted by Crippen LogP contribution is 1.81. The van der Waals surface area contributed by atoms with E-state index in [2.05, 4.69) is 11.9 Å². The standard InChI is InChI=1S/C6H10N3O2/c1-2-4(6(8)11)9-3-5(7)10/h2,4,7,9H,1,3H2,(H2,8,11). The number of nitrogens with one attached hydrogen (secondary N) is 2. The Morgan fingerprint density at radius 3 is 2.55 bits per heavy atom. The molecular weight excluding hydrogens is 146 g/mol. The van der Waals surface area contributed by atoms with Crippen molar-refractivity contribution < 1.29 is 9.59 Å². The van der Waals surface area contributed by atoms with Crippen molar-refractivity contribution in [2.24, 2.45) is 5.73 Å². The first-order valence-electron chi connectivity index (χ1n) is 2.97. The molecular formula is C6H10N3O2. The van der Waals surface area contributed by atoms with Crippen LogP contribution in [-0.2, 0) is 9.59 Å². The molecule has 0 fully saturated rings. The van der Waals surface area contributed by atoms with Crippen LogP contribution in [0, 0.1) is 0 Å². The van der Waals surface area contributed by atoms with E-state index in [1.165, 1.54) is 6.08 Å². The van der Waals surface area contributed by atoms with Crippen molar-refractivity contribution in [3.05, 3.63) is 12.7 Å². The molecule has 0 heterocycles. The number of hydrogen-bond acceptors (Lipinski definition) is 3. The number of primary amides is 1. The zero-order valence-electron chi connectivity index (χ0n) is 5.96. The maximum Gasteiger partial charge on any atom is 0.252 e. The van der Waals surface area contributed by atoms with Gasteiger partial charge in [0.25, 0.3) is 5.91 Å². The van der Waals surface area contributed by atoms with E-state index < -0.39 is 17.9 Å². The zero-order chi connectivity index (χ0) is 8.85. The van der Waals surface area contributed by atoms with E-state index in [0.717, 1.165) is 0 Å². The summed E-state index contributed by atoms with van der Waals surface area (Å²) in [4.78, 5) is 20.6. The molecule has 0 aliphatic heterocycles. The average molecular weight is 156 g/mol. The van der Waals surface area contributed by atoms with E-state index in [9.17, 15) is 9.59 Å². The largest absolute Gasteiger partial charge is 0.368 e. The third-order valence-corrected chi connectivity index (χ3v) is 1.02. The summed E-state index contributed by atoms with van der Waals surface area (Å²) in [7, 11) is 0. The lowest BCUT2D eigenvalue weighted by atomic mass is 10.3. The molecule has 0 aromatic rings. The molecule has 1 atom stereocenters. The zero-order valence-corrected chi connectivity index (χ0v) is 5.96. The van der Waals surface area contributed by atoms with Gasteiger partial charge in [0.2, 0.25) is 5.91 Å². The molecule has 0 aromatic heterocycles. The molecule has 1 radical (unpaired) electrons. The Morgan fingerprint density at radius 2 is 2.27 bits per heavy atom. The minimum Gasteiger partial charge on any atom is -0.368 e. The lowest BCUT2D eigenvalue weighted by Gasteiger charge is -2.07. The molecule has 0 spiro atoms. The first kappa shape index (κ1) is 9.64. The summed E-state index contributed by atoms with van der Waals surface area (Å²) < 4.78 is 0. The molecule has 2 amide bonds. The van der Waals surface area contributed by atoms with Gasteiger partial charge < -0.3 is 5.73 Å². The van der Waals surface area contributed by atoms with Crippen LogP contribution in [0.3, 0.4) is 0 Å². The Kier molecular flexibility index (Phi) is 3.90. The number of hydrogen-bond donors (Lipinski definition) is 2. The van der Waals surface area contributed by atoms with Crippen molar-refractivity contribution in [2.75, 3.05) is 6.54 Å². The van der Waals surface area contributed by atoms with Crippen molar-refractivity contribution in [3.63, 3.8) is 0 Å². The van der Waals surface area contributed by atoms with Crippen molar-refractivity contribution in [1.29, 1.82) is 0 Å². The second kappa shape index (κ2) is 4.45. The quantitative estimate of drug-likeness (QED) is 0.470. The molecule has 4 N–H and O–H groups in total. The van der Waals surface area contributed by atoms with Gasteiger partial charge in [-0.2, -0.15) is 0 Å². The molecule has 0 saturated heterocycles. The summed E-state index contributed by atoms with van der Waals surface area (Å²) in [5.41, 5.74) is 11.4. The monoisotopic (exact) mass is 156 g/mol. The van der Waals surface area contributed by atoms with Gasteiger partial charge in [0.05, 0.1) is 6.54 Å². The average Bonchev–Trinajstić information content (AvgIpc) is 1.87. The number of rotatable bonds is 5. The Balaban J connectivity index is 3.79. The maximum absolute atomic E-state index is 10.5. The van der Waals surface area contributed by atoms with E-state index in [4.69, 9.17) is 11.5 Å². The fraction of sp³-hybridized carbons (Fsp3) is 0.333. The molecule has 0 bridgehead atoms. The third-order valence-electron chi connectivity index (χ3n) is 1.02. The normalized spacial score (nSPS) is 12.0. The van der Waals surface area contributed by atoms with Crippen LogP contribution in [0.25, 0.3) is 0 Å². The summed E-state index contributed by atoms with van der Waals surface area (Å²) in [6.07, 6.45) is 1.28. The van der Waals surface area contributed by atoms with Crippen LogP contribution >= 0.6 is 0 Å². The minimum atomic E-state index is -0.793. The second-order valence-electron chi connectivity index (χ2n) is 1.92. The van der Waals surface area contributed by atoms with Crippen molar-refractivity contribution in [3.8, 4) is 0 Å². The number of carbonyl (C=O) groups excluding carboxylic acids is 2. The number of nitrogens with two attached hydrogens (primary N) is 1. The summed E-state index contributed by atoms with van der Waals surface area (Å²) >= 11 is 0. The third kappa shape index (κ3) is 4.10. The van der Waals surface area contributed by atoms with Crippen LogP contribution in [0.15, 0.2) is 12.7 Å².